The minimum absolute atomic E-state index is 0.205. The van der Waals surface area contributed by atoms with E-state index in [4.69, 9.17) is 10.7 Å². The van der Waals surface area contributed by atoms with E-state index in [1.807, 2.05) is 0 Å². The summed E-state index contributed by atoms with van der Waals surface area (Å²) in [6.07, 6.45) is -2.83. The minimum Gasteiger partial charge on any atom is -0.232 e. The fourth-order valence-electron chi connectivity index (χ4n) is 0.787. The molecule has 1 aromatic rings. The lowest BCUT2D eigenvalue weighted by atomic mass is 10.4. The van der Waals surface area contributed by atoms with Gasteiger partial charge in [0.25, 0.3) is 15.5 Å². The molecule has 84 valence electrons. The molecule has 15 heavy (non-hydrogen) atoms. The van der Waals surface area contributed by atoms with Crippen LogP contribution in [0.2, 0.25) is 0 Å². The van der Waals surface area contributed by atoms with Crippen molar-refractivity contribution in [2.45, 2.75) is 11.5 Å². The molecule has 0 fully saturated rings. The Kier molecular flexibility index (Phi) is 4.52. The monoisotopic (exact) mass is 479 g/mol. The topological polar surface area (TPSA) is 47.0 Å². The Bertz CT molecular complexity index is 494. The maximum Gasteiger partial charge on any atom is 0.281 e. The van der Waals surface area contributed by atoms with Crippen LogP contribution < -0.4 is 0 Å². The van der Waals surface area contributed by atoms with E-state index < -0.39 is 26.2 Å². The molecular formula is C6H2ClF2I2NO2S. The van der Waals surface area contributed by atoms with Gasteiger partial charge in [0.2, 0.25) is 0 Å². The molecule has 0 aliphatic carbocycles. The Morgan fingerprint density at radius 1 is 1.33 bits per heavy atom. The molecular weight excluding hydrogens is 477 g/mol. The van der Waals surface area contributed by atoms with Crippen LogP contribution in [0.5, 0.6) is 0 Å². The average molecular weight is 479 g/mol. The first-order chi connectivity index (χ1) is 6.73. The van der Waals surface area contributed by atoms with Crippen LogP contribution in [0.25, 0.3) is 0 Å². The van der Waals surface area contributed by atoms with Gasteiger partial charge in [-0.15, -0.1) is 0 Å². The number of aromatic nitrogens is 1. The quantitative estimate of drug-likeness (QED) is 0.484. The zero-order valence-electron chi connectivity index (χ0n) is 6.72. The van der Waals surface area contributed by atoms with Gasteiger partial charge in [-0.25, -0.2) is 22.2 Å². The molecule has 0 amide bonds. The molecule has 0 N–H and O–H groups in total. The van der Waals surface area contributed by atoms with E-state index in [1.54, 1.807) is 45.2 Å². The van der Waals surface area contributed by atoms with E-state index in [9.17, 15) is 17.2 Å². The van der Waals surface area contributed by atoms with Gasteiger partial charge in [-0.3, -0.25) is 0 Å². The molecule has 0 saturated heterocycles. The Morgan fingerprint density at radius 3 is 2.27 bits per heavy atom. The van der Waals surface area contributed by atoms with Gasteiger partial charge >= 0.3 is 0 Å². The summed E-state index contributed by atoms with van der Waals surface area (Å²) in [4.78, 5) is 3.36. The third-order valence-corrected chi connectivity index (χ3v) is 4.63. The van der Waals surface area contributed by atoms with Gasteiger partial charge in [-0.05, 0) is 51.2 Å². The summed E-state index contributed by atoms with van der Waals surface area (Å²) < 4.78 is 47.2. The second kappa shape index (κ2) is 4.92. The van der Waals surface area contributed by atoms with Crippen molar-refractivity contribution in [3.63, 3.8) is 0 Å². The Morgan fingerprint density at radius 2 is 1.87 bits per heavy atom. The highest BCUT2D eigenvalue weighted by atomic mass is 127. The number of pyridine rings is 1. The fourth-order valence-corrected chi connectivity index (χ4v) is 4.59. The van der Waals surface area contributed by atoms with E-state index in [0.717, 1.165) is 0 Å². The van der Waals surface area contributed by atoms with Crippen molar-refractivity contribution in [2.75, 3.05) is 0 Å². The van der Waals surface area contributed by atoms with Gasteiger partial charge in [-0.1, -0.05) is 0 Å². The molecule has 0 bridgehead atoms. The highest BCUT2D eigenvalue weighted by Crippen LogP contribution is 2.28. The summed E-state index contributed by atoms with van der Waals surface area (Å²) in [7, 11) is 0.961. The molecule has 0 saturated carbocycles. The molecule has 3 nitrogen and oxygen atoms in total. The van der Waals surface area contributed by atoms with Crippen LogP contribution >= 0.6 is 55.9 Å². The fraction of sp³-hybridized carbons (Fsp3) is 0.167. The predicted molar refractivity (Wildman–Crippen MR) is 67.7 cm³/mol. The number of halogens is 5. The molecule has 9 heteroatoms. The molecule has 0 aromatic carbocycles. The van der Waals surface area contributed by atoms with Gasteiger partial charge in [0, 0.05) is 14.3 Å². The van der Waals surface area contributed by atoms with Crippen molar-refractivity contribution >= 4 is 64.9 Å². The molecule has 0 spiro atoms. The second-order valence-electron chi connectivity index (χ2n) is 2.38. The predicted octanol–water partition coefficient (Wildman–Crippen LogP) is 3.16. The van der Waals surface area contributed by atoms with Gasteiger partial charge in [0.15, 0.2) is 5.03 Å². The molecule has 0 atom stereocenters. The van der Waals surface area contributed by atoms with Gasteiger partial charge in [0.05, 0.1) is 3.57 Å². The summed E-state index contributed by atoms with van der Waals surface area (Å²) in [5.74, 6) is 0. The molecule has 0 aliphatic heterocycles. The lowest BCUT2D eigenvalue weighted by molar-refractivity contribution is 0.144. The van der Waals surface area contributed by atoms with Gasteiger partial charge < -0.3 is 0 Å². The molecule has 1 rings (SSSR count). The van der Waals surface area contributed by atoms with E-state index >= 15 is 0 Å². The smallest absolute Gasteiger partial charge is 0.232 e. The van der Waals surface area contributed by atoms with Crippen LogP contribution in [0.4, 0.5) is 8.78 Å². The Hall–Kier alpha value is 0.710. The summed E-state index contributed by atoms with van der Waals surface area (Å²) in [5.41, 5.74) is -0.574. The molecule has 0 unspecified atom stereocenters. The molecule has 0 radical (unpaired) electrons. The SMILES string of the molecule is O=S(=O)(Cl)c1nc(C(F)F)c(I)cc1I. The normalized spacial score (nSPS) is 12.1. The van der Waals surface area contributed by atoms with Crippen LogP contribution in [0.3, 0.4) is 0 Å². The van der Waals surface area contributed by atoms with Crippen LogP contribution in [0, 0.1) is 7.14 Å². The zero-order chi connectivity index (χ0) is 11.8. The number of alkyl halides is 2. The first-order valence-corrected chi connectivity index (χ1v) is 7.79. The summed E-state index contributed by atoms with van der Waals surface area (Å²) in [5, 5.41) is -0.527. The van der Waals surface area contributed by atoms with E-state index in [-0.39, 0.29) is 7.14 Å². The first-order valence-electron chi connectivity index (χ1n) is 3.32. The summed E-state index contributed by atoms with van der Waals surface area (Å²) in [6.45, 7) is 0. The maximum atomic E-state index is 12.4. The Labute approximate surface area is 116 Å². The highest BCUT2D eigenvalue weighted by Gasteiger charge is 2.22. The third kappa shape index (κ3) is 3.33. The number of hydrogen-bond donors (Lipinski definition) is 0. The lowest BCUT2D eigenvalue weighted by Gasteiger charge is -2.06. The zero-order valence-corrected chi connectivity index (χ0v) is 12.6. The first kappa shape index (κ1) is 13.8. The van der Waals surface area contributed by atoms with Crippen molar-refractivity contribution in [3.8, 4) is 0 Å². The molecule has 1 heterocycles. The molecule has 1 aromatic heterocycles. The van der Waals surface area contributed by atoms with Crippen molar-refractivity contribution in [1.82, 2.24) is 4.98 Å². The minimum atomic E-state index is -4.09. The third-order valence-electron chi connectivity index (χ3n) is 1.36. The van der Waals surface area contributed by atoms with Crippen LogP contribution in [-0.4, -0.2) is 13.4 Å². The van der Waals surface area contributed by atoms with Crippen molar-refractivity contribution < 1.29 is 17.2 Å². The largest absolute Gasteiger partial charge is 0.281 e. The Balaban J connectivity index is 3.50. The van der Waals surface area contributed by atoms with Crippen molar-refractivity contribution in [3.05, 3.63) is 18.9 Å². The van der Waals surface area contributed by atoms with Crippen LogP contribution in [-0.2, 0) is 9.05 Å². The number of rotatable bonds is 2. The van der Waals surface area contributed by atoms with E-state index in [1.165, 1.54) is 6.07 Å². The number of hydrogen-bond acceptors (Lipinski definition) is 3. The highest BCUT2D eigenvalue weighted by molar-refractivity contribution is 14.1. The summed E-state index contributed by atoms with van der Waals surface area (Å²) in [6, 6.07) is 1.30. The van der Waals surface area contributed by atoms with Crippen LogP contribution in [0.15, 0.2) is 11.1 Å². The van der Waals surface area contributed by atoms with Gasteiger partial charge in [0.1, 0.15) is 5.69 Å². The maximum absolute atomic E-state index is 12.4. The summed E-state index contributed by atoms with van der Waals surface area (Å²) >= 11 is 3.34. The molecule has 0 aliphatic rings. The van der Waals surface area contributed by atoms with E-state index in [2.05, 4.69) is 4.98 Å². The van der Waals surface area contributed by atoms with E-state index in [0.29, 0.717) is 0 Å². The average Bonchev–Trinajstić information content (AvgIpc) is 2.00. The van der Waals surface area contributed by atoms with Crippen LogP contribution in [0.1, 0.15) is 12.1 Å². The van der Waals surface area contributed by atoms with Crippen molar-refractivity contribution in [2.24, 2.45) is 0 Å². The lowest BCUT2D eigenvalue weighted by Crippen LogP contribution is -2.05. The standard InChI is InChI=1S/C6H2ClF2I2NO2S/c7-15(13,14)6-3(11)1-2(10)4(12-6)5(8)9/h1,5H. The second-order valence-corrected chi connectivity index (χ2v) is 7.19. The number of nitrogens with zero attached hydrogens (tertiary/aromatic N) is 1. The van der Waals surface area contributed by atoms with Gasteiger partial charge in [-0.2, -0.15) is 0 Å². The van der Waals surface area contributed by atoms with Crippen molar-refractivity contribution in [1.29, 1.82) is 0 Å².